The Morgan fingerprint density at radius 3 is 2.59 bits per heavy atom. The highest BCUT2D eigenvalue weighted by Gasteiger charge is 2.42. The summed E-state index contributed by atoms with van der Waals surface area (Å²) in [4.78, 5) is 19.1. The molecule has 2 aromatic heterocycles. The summed E-state index contributed by atoms with van der Waals surface area (Å²) in [7, 11) is 3.03. The number of methoxy groups -OCH3 is 2. The second kappa shape index (κ2) is 12.1. The molecule has 0 aliphatic carbocycles. The molecule has 8 nitrogen and oxygen atoms in total. The molecule has 0 radical (unpaired) electrons. The summed E-state index contributed by atoms with van der Waals surface area (Å²) in [6.07, 6.45) is 1.77. The van der Waals surface area contributed by atoms with Crippen molar-refractivity contribution < 1.29 is 14.3 Å². The van der Waals surface area contributed by atoms with E-state index < -0.39 is 0 Å². The molecule has 11 heteroatoms. The molecule has 1 amide bonds. The van der Waals surface area contributed by atoms with Crippen molar-refractivity contribution in [1.82, 2.24) is 14.9 Å². The molecule has 4 aromatic rings. The maximum atomic E-state index is 12.4. The molecular formula is C30H29Cl2N5O3S. The lowest BCUT2D eigenvalue weighted by Gasteiger charge is -2.29. The van der Waals surface area contributed by atoms with Crippen LogP contribution in [0.1, 0.15) is 34.7 Å². The Kier molecular flexibility index (Phi) is 8.51. The molecule has 212 valence electrons. The summed E-state index contributed by atoms with van der Waals surface area (Å²) >= 11 is 18.8. The summed E-state index contributed by atoms with van der Waals surface area (Å²) in [5, 5.41) is 8.02. The number of aromatic nitrogens is 2. The quantitative estimate of drug-likeness (QED) is 0.219. The maximum absolute atomic E-state index is 12.4. The molecule has 2 aromatic carbocycles. The fraction of sp³-hybridized carbons (Fsp3) is 0.233. The van der Waals surface area contributed by atoms with Crippen LogP contribution in [-0.4, -0.2) is 41.4 Å². The topological polar surface area (TPSA) is 80.7 Å². The van der Waals surface area contributed by atoms with Gasteiger partial charge in [0.15, 0.2) is 5.11 Å². The third kappa shape index (κ3) is 5.63. The number of thiocarbonyl (C=S) groups is 1. The van der Waals surface area contributed by atoms with E-state index in [1.165, 1.54) is 7.11 Å². The summed E-state index contributed by atoms with van der Waals surface area (Å²) < 4.78 is 12.6. The molecule has 1 aliphatic rings. The van der Waals surface area contributed by atoms with E-state index in [-0.39, 0.29) is 24.6 Å². The van der Waals surface area contributed by atoms with Gasteiger partial charge in [0.25, 0.3) is 0 Å². The fourth-order valence-electron chi connectivity index (χ4n) is 5.33. The van der Waals surface area contributed by atoms with Crippen molar-refractivity contribution in [1.29, 1.82) is 0 Å². The Balaban J connectivity index is 1.66. The van der Waals surface area contributed by atoms with Crippen LogP contribution in [0.15, 0.2) is 66.9 Å². The zero-order chi connectivity index (χ0) is 29.3. The van der Waals surface area contributed by atoms with E-state index in [1.54, 1.807) is 19.4 Å². The second-order valence-electron chi connectivity index (χ2n) is 9.62. The number of amides is 1. The molecule has 41 heavy (non-hydrogen) atoms. The van der Waals surface area contributed by atoms with Crippen LogP contribution >= 0.6 is 35.4 Å². The van der Waals surface area contributed by atoms with Gasteiger partial charge in [0.2, 0.25) is 5.91 Å². The molecule has 0 spiro atoms. The van der Waals surface area contributed by atoms with Crippen LogP contribution < -0.4 is 20.3 Å². The second-order valence-corrected chi connectivity index (χ2v) is 10.9. The number of carbonyl (C=O) groups excluding carboxylic acids is 1. The Hall–Kier alpha value is -3.63. The van der Waals surface area contributed by atoms with E-state index in [0.29, 0.717) is 26.6 Å². The highest BCUT2D eigenvalue weighted by atomic mass is 35.5. The molecule has 1 aliphatic heterocycles. The van der Waals surface area contributed by atoms with E-state index in [1.807, 2.05) is 55.5 Å². The predicted molar refractivity (Wildman–Crippen MR) is 167 cm³/mol. The average molecular weight is 611 g/mol. The van der Waals surface area contributed by atoms with Crippen molar-refractivity contribution in [3.05, 3.63) is 99.6 Å². The van der Waals surface area contributed by atoms with Gasteiger partial charge in [-0.1, -0.05) is 29.3 Å². The summed E-state index contributed by atoms with van der Waals surface area (Å²) in [6, 6.07) is 18.5. The van der Waals surface area contributed by atoms with Gasteiger partial charge in [-0.2, -0.15) is 0 Å². The van der Waals surface area contributed by atoms with E-state index in [4.69, 9.17) is 44.9 Å². The number of ether oxygens (including phenoxy) is 2. The largest absolute Gasteiger partial charge is 0.495 e. The number of benzene rings is 2. The van der Waals surface area contributed by atoms with E-state index in [0.717, 1.165) is 34.0 Å². The molecule has 1 fully saturated rings. The van der Waals surface area contributed by atoms with Crippen molar-refractivity contribution in [2.75, 3.05) is 31.0 Å². The molecule has 5 rings (SSSR count). The number of carbonyl (C=O) groups is 1. The third-order valence-corrected chi connectivity index (χ3v) is 7.90. The summed E-state index contributed by atoms with van der Waals surface area (Å²) in [5.41, 5.74) is 6.00. The molecule has 0 saturated carbocycles. The monoisotopic (exact) mass is 609 g/mol. The Labute approximate surface area is 254 Å². The van der Waals surface area contributed by atoms with Gasteiger partial charge in [0, 0.05) is 35.4 Å². The first kappa shape index (κ1) is 28.9. The van der Waals surface area contributed by atoms with Gasteiger partial charge in [0.05, 0.1) is 41.3 Å². The van der Waals surface area contributed by atoms with Crippen LogP contribution in [0, 0.1) is 13.8 Å². The van der Waals surface area contributed by atoms with Crippen molar-refractivity contribution in [2.24, 2.45) is 0 Å². The fourth-order valence-corrected chi connectivity index (χ4v) is 6.17. The molecule has 2 atom stereocenters. The number of hydrogen-bond donors (Lipinski definition) is 2. The van der Waals surface area contributed by atoms with Crippen LogP contribution in [0.3, 0.4) is 0 Å². The number of nitrogens with one attached hydrogen (secondary N) is 2. The minimum atomic E-state index is -0.295. The standard InChI is InChI=1S/C30H29Cl2N5O3S/c1-17-13-21(18(2)36(17)25-10-8-19(31)14-22(25)32)29-28(23-7-5-6-12-33-23)35-30(41)37(29)20-9-11-26(40-4)24(15-20)34-27(38)16-39-3/h5-15,28-29H,16H2,1-4H3,(H,34,38)(H,35,41). The van der Waals surface area contributed by atoms with Crippen LogP contribution in [0.4, 0.5) is 11.4 Å². The van der Waals surface area contributed by atoms with Gasteiger partial charge >= 0.3 is 0 Å². The van der Waals surface area contributed by atoms with Crippen molar-refractivity contribution in [3.8, 4) is 11.4 Å². The summed E-state index contributed by atoms with van der Waals surface area (Å²) in [5.74, 6) is 0.223. The molecule has 2 N–H and O–H groups in total. The summed E-state index contributed by atoms with van der Waals surface area (Å²) in [6.45, 7) is 4.02. The van der Waals surface area contributed by atoms with Crippen molar-refractivity contribution in [2.45, 2.75) is 25.9 Å². The first-order valence-corrected chi connectivity index (χ1v) is 14.0. The number of hydrogen-bond acceptors (Lipinski definition) is 5. The van der Waals surface area contributed by atoms with Gasteiger partial charge < -0.3 is 29.6 Å². The van der Waals surface area contributed by atoms with E-state index in [2.05, 4.69) is 38.1 Å². The highest BCUT2D eigenvalue weighted by molar-refractivity contribution is 7.80. The SMILES string of the molecule is COCC(=O)Nc1cc(N2C(=S)NC(c3ccccn3)C2c2cc(C)n(-c3ccc(Cl)cc3Cl)c2C)ccc1OC. The number of aryl methyl sites for hydroxylation is 1. The average Bonchev–Trinajstić information content (AvgIpc) is 3.44. The smallest absolute Gasteiger partial charge is 0.250 e. The lowest BCUT2D eigenvalue weighted by atomic mass is 9.96. The normalized spacial score (nSPS) is 16.5. The van der Waals surface area contributed by atoms with E-state index in [9.17, 15) is 4.79 Å². The Morgan fingerprint density at radius 2 is 1.90 bits per heavy atom. The highest BCUT2D eigenvalue weighted by Crippen LogP contribution is 2.45. The lowest BCUT2D eigenvalue weighted by molar-refractivity contribution is -0.119. The zero-order valence-electron chi connectivity index (χ0n) is 22.9. The van der Waals surface area contributed by atoms with Crippen LogP contribution in [-0.2, 0) is 9.53 Å². The van der Waals surface area contributed by atoms with Gasteiger partial charge in [-0.25, -0.2) is 0 Å². The first-order valence-electron chi connectivity index (χ1n) is 12.8. The van der Waals surface area contributed by atoms with Crippen molar-refractivity contribution >= 4 is 57.8 Å². The number of halogens is 2. The first-order chi connectivity index (χ1) is 19.7. The lowest BCUT2D eigenvalue weighted by Crippen LogP contribution is -2.29. The maximum Gasteiger partial charge on any atom is 0.250 e. The van der Waals surface area contributed by atoms with Gasteiger partial charge in [-0.05, 0) is 86.2 Å². The van der Waals surface area contributed by atoms with Gasteiger partial charge in [-0.3, -0.25) is 9.78 Å². The minimum Gasteiger partial charge on any atom is -0.495 e. The van der Waals surface area contributed by atoms with Gasteiger partial charge in [0.1, 0.15) is 12.4 Å². The number of nitrogens with zero attached hydrogens (tertiary/aromatic N) is 3. The van der Waals surface area contributed by atoms with Gasteiger partial charge in [-0.15, -0.1) is 0 Å². The number of anilines is 2. The zero-order valence-corrected chi connectivity index (χ0v) is 25.3. The molecule has 0 bridgehead atoms. The van der Waals surface area contributed by atoms with Crippen LogP contribution in [0.2, 0.25) is 10.0 Å². The van der Waals surface area contributed by atoms with Crippen LogP contribution in [0.25, 0.3) is 5.69 Å². The predicted octanol–water partition coefficient (Wildman–Crippen LogP) is 6.57. The molecule has 2 unspecified atom stereocenters. The number of rotatable bonds is 8. The molecule has 3 heterocycles. The minimum absolute atomic E-state index is 0.0827. The molecular weight excluding hydrogens is 581 g/mol. The van der Waals surface area contributed by atoms with Crippen LogP contribution in [0.5, 0.6) is 5.75 Å². The molecule has 1 saturated heterocycles. The number of pyridine rings is 1. The Morgan fingerprint density at radius 1 is 1.10 bits per heavy atom. The Bertz CT molecular complexity index is 1610. The third-order valence-electron chi connectivity index (χ3n) is 7.05. The van der Waals surface area contributed by atoms with E-state index >= 15 is 0 Å². The van der Waals surface area contributed by atoms with Crippen molar-refractivity contribution in [3.63, 3.8) is 0 Å².